The summed E-state index contributed by atoms with van der Waals surface area (Å²) in [6, 6.07) is 1.91. The fraction of sp³-hybridized carbons (Fsp3) is 0.706. The second-order valence-corrected chi connectivity index (χ2v) is 9.02. The third-order valence-electron chi connectivity index (χ3n) is 5.09. The first-order valence-corrected chi connectivity index (χ1v) is 11.1. The number of aromatic nitrogens is 2. The number of nitrogens with zero attached hydrogens (tertiary/aromatic N) is 4. The van der Waals surface area contributed by atoms with E-state index in [0.717, 1.165) is 18.9 Å². The Morgan fingerprint density at radius 1 is 1.19 bits per heavy atom. The molecule has 1 amide bonds. The summed E-state index contributed by atoms with van der Waals surface area (Å²) >= 11 is 0. The summed E-state index contributed by atoms with van der Waals surface area (Å²) in [4.78, 5) is 23.5. The largest absolute Gasteiger partial charge is 0.357 e. The Bertz CT molecular complexity index is 726. The van der Waals surface area contributed by atoms with Crippen molar-refractivity contribution in [2.75, 3.05) is 37.3 Å². The van der Waals surface area contributed by atoms with Crippen molar-refractivity contribution in [3.63, 3.8) is 0 Å². The molecule has 3 heterocycles. The summed E-state index contributed by atoms with van der Waals surface area (Å²) < 4.78 is 24.5. The first kappa shape index (κ1) is 19.0. The van der Waals surface area contributed by atoms with Gasteiger partial charge in [-0.3, -0.25) is 4.79 Å². The fourth-order valence-corrected chi connectivity index (χ4v) is 4.41. The maximum Gasteiger partial charge on any atom is 0.223 e. The summed E-state index contributed by atoms with van der Waals surface area (Å²) in [7, 11) is -3.17. The highest BCUT2D eigenvalue weighted by Gasteiger charge is 2.28. The van der Waals surface area contributed by atoms with Gasteiger partial charge in [0.15, 0.2) is 0 Å². The van der Waals surface area contributed by atoms with E-state index in [0.29, 0.717) is 38.3 Å². The number of piperidine rings is 2. The zero-order valence-electron chi connectivity index (χ0n) is 15.2. The van der Waals surface area contributed by atoms with Crippen LogP contribution in [-0.4, -0.2) is 61.0 Å². The number of amides is 1. The average molecular weight is 382 g/mol. The highest BCUT2D eigenvalue weighted by Crippen LogP contribution is 2.20. The normalized spacial score (nSPS) is 20.1. The molecular formula is C17H27N5O3S. The molecule has 2 aliphatic rings. The van der Waals surface area contributed by atoms with Crippen LogP contribution in [0.15, 0.2) is 12.3 Å². The molecule has 0 unspecified atom stereocenters. The standard InChI is InChI=1S/C17H27N5O3S/c1-26(24,25)22-11-6-14(7-12-22)17(23)19-13-15-18-8-5-16(20-15)21-9-3-2-4-10-21/h5,8,14H,2-4,6-7,9-13H2,1H3,(H,19,23). The van der Waals surface area contributed by atoms with Gasteiger partial charge in [-0.1, -0.05) is 0 Å². The minimum atomic E-state index is -3.17. The quantitative estimate of drug-likeness (QED) is 0.809. The number of nitrogens with one attached hydrogen (secondary N) is 1. The predicted molar refractivity (Wildman–Crippen MR) is 99.1 cm³/mol. The van der Waals surface area contributed by atoms with E-state index in [1.54, 1.807) is 6.20 Å². The second-order valence-electron chi connectivity index (χ2n) is 7.03. The summed E-state index contributed by atoms with van der Waals surface area (Å²) in [5, 5.41) is 2.90. The van der Waals surface area contributed by atoms with Crippen LogP contribution in [0.5, 0.6) is 0 Å². The molecule has 1 aromatic heterocycles. The molecule has 0 bridgehead atoms. The molecule has 2 fully saturated rings. The van der Waals surface area contributed by atoms with Gasteiger partial charge in [0.05, 0.1) is 12.8 Å². The molecule has 8 nitrogen and oxygen atoms in total. The zero-order valence-corrected chi connectivity index (χ0v) is 16.0. The van der Waals surface area contributed by atoms with E-state index in [2.05, 4.69) is 20.2 Å². The molecule has 0 saturated carbocycles. The van der Waals surface area contributed by atoms with Crippen molar-refractivity contribution in [1.82, 2.24) is 19.6 Å². The van der Waals surface area contributed by atoms with E-state index in [1.165, 1.54) is 29.8 Å². The van der Waals surface area contributed by atoms with Gasteiger partial charge < -0.3 is 10.2 Å². The van der Waals surface area contributed by atoms with Crippen molar-refractivity contribution >= 4 is 21.7 Å². The minimum absolute atomic E-state index is 0.0508. The van der Waals surface area contributed by atoms with Crippen molar-refractivity contribution in [2.45, 2.75) is 38.6 Å². The van der Waals surface area contributed by atoms with Crippen LogP contribution in [-0.2, 0) is 21.4 Å². The van der Waals surface area contributed by atoms with Crippen molar-refractivity contribution in [2.24, 2.45) is 5.92 Å². The maximum absolute atomic E-state index is 12.4. The number of rotatable bonds is 5. The molecule has 0 aromatic carbocycles. The van der Waals surface area contributed by atoms with E-state index in [4.69, 9.17) is 0 Å². The minimum Gasteiger partial charge on any atom is -0.357 e. The summed E-state index contributed by atoms with van der Waals surface area (Å²) in [5.41, 5.74) is 0. The lowest BCUT2D eigenvalue weighted by Crippen LogP contribution is -2.42. The lowest BCUT2D eigenvalue weighted by atomic mass is 9.97. The number of carbonyl (C=O) groups is 1. The van der Waals surface area contributed by atoms with E-state index >= 15 is 0 Å². The van der Waals surface area contributed by atoms with Crippen LogP contribution in [0.4, 0.5) is 5.82 Å². The van der Waals surface area contributed by atoms with Crippen LogP contribution in [0.3, 0.4) is 0 Å². The van der Waals surface area contributed by atoms with E-state index in [1.807, 2.05) is 6.07 Å². The van der Waals surface area contributed by atoms with Crippen molar-refractivity contribution in [1.29, 1.82) is 0 Å². The SMILES string of the molecule is CS(=O)(=O)N1CCC(C(=O)NCc2nccc(N3CCCCC3)n2)CC1. The van der Waals surface area contributed by atoms with Gasteiger partial charge in [-0.05, 0) is 38.2 Å². The molecule has 0 atom stereocenters. The first-order valence-electron chi connectivity index (χ1n) is 9.23. The van der Waals surface area contributed by atoms with Gasteiger partial charge in [0.1, 0.15) is 11.6 Å². The van der Waals surface area contributed by atoms with Gasteiger partial charge in [0, 0.05) is 38.3 Å². The third kappa shape index (κ3) is 4.91. The molecular weight excluding hydrogens is 354 g/mol. The Kier molecular flexibility index (Phi) is 6.08. The number of sulfonamides is 1. The van der Waals surface area contributed by atoms with Gasteiger partial charge >= 0.3 is 0 Å². The van der Waals surface area contributed by atoms with Crippen LogP contribution in [0.1, 0.15) is 37.9 Å². The van der Waals surface area contributed by atoms with E-state index in [9.17, 15) is 13.2 Å². The zero-order chi connectivity index (χ0) is 18.6. The third-order valence-corrected chi connectivity index (χ3v) is 6.39. The van der Waals surface area contributed by atoms with Gasteiger partial charge in [0.25, 0.3) is 0 Å². The van der Waals surface area contributed by atoms with Crippen molar-refractivity contribution < 1.29 is 13.2 Å². The molecule has 26 heavy (non-hydrogen) atoms. The molecule has 9 heteroatoms. The van der Waals surface area contributed by atoms with Gasteiger partial charge in [-0.2, -0.15) is 0 Å². The molecule has 3 rings (SSSR count). The smallest absolute Gasteiger partial charge is 0.223 e. The Labute approximate surface area is 155 Å². The van der Waals surface area contributed by atoms with Crippen LogP contribution in [0.2, 0.25) is 0 Å². The van der Waals surface area contributed by atoms with Crippen LogP contribution in [0.25, 0.3) is 0 Å². The molecule has 144 valence electrons. The van der Waals surface area contributed by atoms with Crippen LogP contribution in [0, 0.1) is 5.92 Å². The number of hydrogen-bond acceptors (Lipinski definition) is 6. The van der Waals surface area contributed by atoms with E-state index < -0.39 is 10.0 Å². The summed E-state index contributed by atoms with van der Waals surface area (Å²) in [5.74, 6) is 1.32. The molecule has 1 aromatic rings. The van der Waals surface area contributed by atoms with Crippen molar-refractivity contribution in [3.8, 4) is 0 Å². The summed E-state index contributed by atoms with van der Waals surface area (Å²) in [6.07, 6.45) is 7.68. The van der Waals surface area contributed by atoms with E-state index in [-0.39, 0.29) is 11.8 Å². The lowest BCUT2D eigenvalue weighted by molar-refractivity contribution is -0.126. The van der Waals surface area contributed by atoms with Crippen LogP contribution < -0.4 is 10.2 Å². The molecule has 0 aliphatic carbocycles. The number of hydrogen-bond donors (Lipinski definition) is 1. The second kappa shape index (κ2) is 8.30. The molecule has 2 aliphatic heterocycles. The number of carbonyl (C=O) groups excluding carboxylic acids is 1. The monoisotopic (exact) mass is 381 g/mol. The fourth-order valence-electron chi connectivity index (χ4n) is 3.53. The Morgan fingerprint density at radius 2 is 1.88 bits per heavy atom. The topological polar surface area (TPSA) is 95.5 Å². The highest BCUT2D eigenvalue weighted by atomic mass is 32.2. The average Bonchev–Trinajstić information content (AvgIpc) is 2.66. The lowest BCUT2D eigenvalue weighted by Gasteiger charge is -2.29. The van der Waals surface area contributed by atoms with Crippen molar-refractivity contribution in [3.05, 3.63) is 18.1 Å². The van der Waals surface area contributed by atoms with Crippen LogP contribution >= 0.6 is 0 Å². The predicted octanol–water partition coefficient (Wildman–Crippen LogP) is 0.755. The first-order chi connectivity index (χ1) is 12.4. The Morgan fingerprint density at radius 3 is 2.54 bits per heavy atom. The molecule has 2 saturated heterocycles. The van der Waals surface area contributed by atoms with Gasteiger partial charge in [-0.15, -0.1) is 0 Å². The Balaban J connectivity index is 1.50. The summed E-state index contributed by atoms with van der Waals surface area (Å²) in [6.45, 7) is 3.13. The molecule has 0 spiro atoms. The van der Waals surface area contributed by atoms with Gasteiger partial charge in [-0.25, -0.2) is 22.7 Å². The molecule has 1 N–H and O–H groups in total. The number of anilines is 1. The Hall–Kier alpha value is -1.74. The molecule has 0 radical (unpaired) electrons. The maximum atomic E-state index is 12.4. The highest BCUT2D eigenvalue weighted by molar-refractivity contribution is 7.88. The van der Waals surface area contributed by atoms with Gasteiger partial charge in [0.2, 0.25) is 15.9 Å².